The molecular formula is C14H11NO6S-2. The van der Waals surface area contributed by atoms with Gasteiger partial charge in [-0.25, -0.2) is 0 Å². The zero-order valence-electron chi connectivity index (χ0n) is 11.5. The number of amides is 2. The number of carbonyl (C=O) groups excluding carboxylic acids is 4. The third-order valence-corrected chi connectivity index (χ3v) is 3.98. The van der Waals surface area contributed by atoms with E-state index in [1.807, 2.05) is 0 Å². The third kappa shape index (κ3) is 2.69. The van der Waals surface area contributed by atoms with Crippen LogP contribution in [0.4, 0.5) is 0 Å². The van der Waals surface area contributed by atoms with Crippen molar-refractivity contribution >= 4 is 35.5 Å². The second-order valence-electron chi connectivity index (χ2n) is 4.64. The van der Waals surface area contributed by atoms with E-state index >= 15 is 0 Å². The fraction of sp³-hybridized carbons (Fsp3) is 0.286. The summed E-state index contributed by atoms with van der Waals surface area (Å²) in [7, 11) is 0. The van der Waals surface area contributed by atoms with Gasteiger partial charge < -0.3 is 19.8 Å². The molecule has 0 spiro atoms. The molecule has 8 heteroatoms. The molecule has 0 saturated heterocycles. The molecule has 116 valence electrons. The van der Waals surface area contributed by atoms with Crippen molar-refractivity contribution in [3.63, 3.8) is 0 Å². The lowest BCUT2D eigenvalue weighted by Crippen LogP contribution is -2.50. The Bertz CT molecular complexity index is 671. The number of benzene rings is 1. The standard InChI is InChI=1S/C14H13NO6S/c1-22-5-4-10(14(20)21)15-11(16)8-3-2-7(13(18)19)6-9(8)12(15)17/h2-3,6,10H,4-5H2,1H3,(H,18,19)(H,20,21)/p-2/t10-/m0/s1. The van der Waals surface area contributed by atoms with Crippen LogP contribution in [0, 0.1) is 0 Å². The van der Waals surface area contributed by atoms with Crippen LogP contribution in [-0.2, 0) is 4.79 Å². The highest BCUT2D eigenvalue weighted by atomic mass is 32.2. The van der Waals surface area contributed by atoms with Gasteiger partial charge in [0.25, 0.3) is 11.8 Å². The van der Waals surface area contributed by atoms with Crippen molar-refractivity contribution in [2.24, 2.45) is 0 Å². The Morgan fingerprint density at radius 1 is 1.18 bits per heavy atom. The van der Waals surface area contributed by atoms with Gasteiger partial charge in [-0.3, -0.25) is 14.5 Å². The SMILES string of the molecule is CSCC[C@@H](C(=O)[O-])N1C(=O)c2ccc(C(=O)[O-])cc2C1=O. The first-order valence-corrected chi connectivity index (χ1v) is 7.71. The first-order valence-electron chi connectivity index (χ1n) is 6.31. The molecule has 22 heavy (non-hydrogen) atoms. The van der Waals surface area contributed by atoms with Crippen LogP contribution >= 0.6 is 11.8 Å². The van der Waals surface area contributed by atoms with Gasteiger partial charge >= 0.3 is 0 Å². The van der Waals surface area contributed by atoms with E-state index in [0.717, 1.165) is 12.1 Å². The number of carboxylic acid groups (broad SMARTS) is 2. The monoisotopic (exact) mass is 321 g/mol. The number of hydrogen-bond donors (Lipinski definition) is 0. The summed E-state index contributed by atoms with van der Waals surface area (Å²) in [5, 5.41) is 22.1. The number of thioether (sulfide) groups is 1. The first kappa shape index (κ1) is 16.0. The quantitative estimate of drug-likeness (QED) is 0.586. The summed E-state index contributed by atoms with van der Waals surface area (Å²) in [4.78, 5) is 47.2. The van der Waals surface area contributed by atoms with Gasteiger partial charge in [0, 0.05) is 0 Å². The molecule has 1 aromatic carbocycles. The van der Waals surface area contributed by atoms with E-state index in [0.29, 0.717) is 10.7 Å². The van der Waals surface area contributed by atoms with Gasteiger partial charge in [-0.2, -0.15) is 11.8 Å². The van der Waals surface area contributed by atoms with Crippen molar-refractivity contribution in [1.82, 2.24) is 4.90 Å². The van der Waals surface area contributed by atoms with Crippen LogP contribution in [0.5, 0.6) is 0 Å². The summed E-state index contributed by atoms with van der Waals surface area (Å²) >= 11 is 1.37. The summed E-state index contributed by atoms with van der Waals surface area (Å²) in [6.45, 7) is 0. The van der Waals surface area contributed by atoms with Crippen molar-refractivity contribution in [2.45, 2.75) is 12.5 Å². The number of rotatable bonds is 6. The number of carbonyl (C=O) groups is 4. The van der Waals surface area contributed by atoms with Gasteiger partial charge in [0.15, 0.2) is 0 Å². The predicted molar refractivity (Wildman–Crippen MR) is 73.1 cm³/mol. The maximum atomic E-state index is 12.3. The Kier molecular flexibility index (Phi) is 4.51. The van der Waals surface area contributed by atoms with Gasteiger partial charge in [-0.15, -0.1) is 0 Å². The minimum absolute atomic E-state index is 0.0228. The zero-order valence-corrected chi connectivity index (χ0v) is 12.3. The number of nitrogens with zero attached hydrogens (tertiary/aromatic N) is 1. The minimum atomic E-state index is -1.52. The third-order valence-electron chi connectivity index (χ3n) is 3.33. The molecule has 1 aliphatic heterocycles. The van der Waals surface area contributed by atoms with Crippen LogP contribution in [0.1, 0.15) is 37.5 Å². The van der Waals surface area contributed by atoms with Crippen LogP contribution in [0.15, 0.2) is 18.2 Å². The lowest BCUT2D eigenvalue weighted by atomic mass is 10.1. The van der Waals surface area contributed by atoms with Crippen LogP contribution < -0.4 is 10.2 Å². The van der Waals surface area contributed by atoms with Crippen LogP contribution in [0.3, 0.4) is 0 Å². The van der Waals surface area contributed by atoms with Crippen molar-refractivity contribution in [1.29, 1.82) is 0 Å². The summed E-state index contributed by atoms with van der Waals surface area (Å²) in [5.41, 5.74) is -0.414. The maximum Gasteiger partial charge on any atom is 0.262 e. The van der Waals surface area contributed by atoms with E-state index in [-0.39, 0.29) is 23.1 Å². The maximum absolute atomic E-state index is 12.3. The lowest BCUT2D eigenvalue weighted by molar-refractivity contribution is -0.310. The first-order chi connectivity index (χ1) is 10.4. The smallest absolute Gasteiger partial charge is 0.262 e. The van der Waals surface area contributed by atoms with Gasteiger partial charge in [0.1, 0.15) is 0 Å². The van der Waals surface area contributed by atoms with E-state index in [1.54, 1.807) is 6.26 Å². The minimum Gasteiger partial charge on any atom is -0.548 e. The van der Waals surface area contributed by atoms with E-state index < -0.39 is 29.8 Å². The van der Waals surface area contributed by atoms with Gasteiger partial charge in [0.05, 0.1) is 29.1 Å². The summed E-state index contributed by atoms with van der Waals surface area (Å²) in [6.07, 6.45) is 1.82. The molecule has 0 aromatic heterocycles. The molecule has 0 fully saturated rings. The zero-order chi connectivity index (χ0) is 16.4. The Labute approximate surface area is 129 Å². The Morgan fingerprint density at radius 3 is 2.36 bits per heavy atom. The largest absolute Gasteiger partial charge is 0.548 e. The molecule has 2 amide bonds. The van der Waals surface area contributed by atoms with Crippen molar-refractivity contribution in [3.8, 4) is 0 Å². The second-order valence-corrected chi connectivity index (χ2v) is 5.63. The van der Waals surface area contributed by atoms with E-state index in [1.165, 1.54) is 17.8 Å². The highest BCUT2D eigenvalue weighted by Crippen LogP contribution is 2.27. The summed E-state index contributed by atoms with van der Waals surface area (Å²) in [5.74, 6) is -4.18. The highest BCUT2D eigenvalue weighted by Gasteiger charge is 2.40. The van der Waals surface area contributed by atoms with Gasteiger partial charge in [0.2, 0.25) is 0 Å². The number of carboxylic acids is 2. The van der Waals surface area contributed by atoms with Gasteiger partial charge in [-0.05, 0) is 36.1 Å². The summed E-state index contributed by atoms with van der Waals surface area (Å²) < 4.78 is 0. The van der Waals surface area contributed by atoms with Crippen LogP contribution in [-0.4, -0.2) is 46.7 Å². The van der Waals surface area contributed by atoms with E-state index in [2.05, 4.69) is 0 Å². The molecule has 1 atom stereocenters. The molecule has 1 aliphatic rings. The average molecular weight is 321 g/mol. The van der Waals surface area contributed by atoms with Crippen molar-refractivity contribution in [2.75, 3.05) is 12.0 Å². The number of imide groups is 1. The molecule has 1 heterocycles. The van der Waals surface area contributed by atoms with E-state index in [9.17, 15) is 29.4 Å². The lowest BCUT2D eigenvalue weighted by Gasteiger charge is -2.26. The van der Waals surface area contributed by atoms with Crippen molar-refractivity contribution in [3.05, 3.63) is 34.9 Å². The van der Waals surface area contributed by atoms with Crippen LogP contribution in [0.2, 0.25) is 0 Å². The molecule has 0 aliphatic carbocycles. The fourth-order valence-electron chi connectivity index (χ4n) is 2.25. The molecule has 0 bridgehead atoms. The Hall–Kier alpha value is -2.35. The molecule has 0 saturated carbocycles. The van der Waals surface area contributed by atoms with Crippen molar-refractivity contribution < 1.29 is 29.4 Å². The molecule has 0 radical (unpaired) electrons. The van der Waals surface area contributed by atoms with Gasteiger partial charge in [-0.1, -0.05) is 6.07 Å². The topological polar surface area (TPSA) is 118 Å². The Morgan fingerprint density at radius 2 is 1.82 bits per heavy atom. The molecular weight excluding hydrogens is 310 g/mol. The number of aliphatic carboxylic acids is 1. The number of fused-ring (bicyclic) bond motifs is 1. The molecule has 0 N–H and O–H groups in total. The number of hydrogen-bond acceptors (Lipinski definition) is 7. The molecule has 0 unspecified atom stereocenters. The predicted octanol–water partition coefficient (Wildman–Crippen LogP) is -1.48. The number of aromatic carboxylic acids is 1. The van der Waals surface area contributed by atoms with Crippen LogP contribution in [0.25, 0.3) is 0 Å². The second kappa shape index (κ2) is 6.18. The fourth-order valence-corrected chi connectivity index (χ4v) is 2.71. The Balaban J connectivity index is 2.40. The molecule has 2 rings (SSSR count). The highest BCUT2D eigenvalue weighted by molar-refractivity contribution is 7.98. The average Bonchev–Trinajstić information content (AvgIpc) is 2.72. The van der Waals surface area contributed by atoms with E-state index in [4.69, 9.17) is 0 Å². The summed E-state index contributed by atoms with van der Waals surface area (Å²) in [6, 6.07) is 1.96. The molecule has 7 nitrogen and oxygen atoms in total. The molecule has 1 aromatic rings. The normalized spacial score (nSPS) is 14.9.